The van der Waals surface area contributed by atoms with E-state index in [9.17, 15) is 9.90 Å². The zero-order valence-electron chi connectivity index (χ0n) is 12.2. The second-order valence-electron chi connectivity index (χ2n) is 6.50. The monoisotopic (exact) mass is 273 g/mol. The van der Waals surface area contributed by atoms with Crippen LogP contribution in [0.5, 0.6) is 0 Å². The number of carbonyl (C=O) groups excluding carboxylic acids is 1. The van der Waals surface area contributed by atoms with Gasteiger partial charge in [-0.2, -0.15) is 0 Å². The number of hydrogen-bond acceptors (Lipinski definition) is 2. The molecule has 4 unspecified atom stereocenters. The van der Waals surface area contributed by atoms with Crippen molar-refractivity contribution in [3.05, 3.63) is 34.9 Å². The predicted octanol–water partition coefficient (Wildman–Crippen LogP) is 2.44. The standard InChI is InChI=1S/C17H23NO2/c1-10-3-6-14(11(2)7-10)17(20)18-16-13-5-4-12(8-13)15(16)9-19/h3,6-7,12-13,15-16,19H,4-5,8-9H2,1-2H3,(H,18,20). The highest BCUT2D eigenvalue weighted by Crippen LogP contribution is 2.48. The van der Waals surface area contributed by atoms with Crippen LogP contribution in [-0.2, 0) is 0 Å². The van der Waals surface area contributed by atoms with Crippen LogP contribution < -0.4 is 5.32 Å². The minimum absolute atomic E-state index is 0.0125. The van der Waals surface area contributed by atoms with E-state index < -0.39 is 0 Å². The molecule has 2 fully saturated rings. The van der Waals surface area contributed by atoms with Crippen LogP contribution in [0.4, 0.5) is 0 Å². The highest BCUT2D eigenvalue weighted by atomic mass is 16.3. The summed E-state index contributed by atoms with van der Waals surface area (Å²) in [6, 6.07) is 6.08. The molecule has 20 heavy (non-hydrogen) atoms. The molecule has 4 atom stereocenters. The Morgan fingerprint density at radius 2 is 2.05 bits per heavy atom. The highest BCUT2D eigenvalue weighted by molar-refractivity contribution is 5.95. The van der Waals surface area contributed by atoms with Crippen molar-refractivity contribution in [1.29, 1.82) is 0 Å². The Labute approximate surface area is 120 Å². The number of hydrogen-bond donors (Lipinski definition) is 2. The third-order valence-electron chi connectivity index (χ3n) is 5.22. The SMILES string of the molecule is Cc1ccc(C(=O)NC2C3CCC(C3)C2CO)c(C)c1. The van der Waals surface area contributed by atoms with Crippen molar-refractivity contribution in [3.8, 4) is 0 Å². The molecular weight excluding hydrogens is 250 g/mol. The highest BCUT2D eigenvalue weighted by Gasteiger charge is 2.47. The first-order valence-corrected chi connectivity index (χ1v) is 7.59. The van der Waals surface area contributed by atoms with Gasteiger partial charge in [0.1, 0.15) is 0 Å². The molecule has 2 aliphatic rings. The molecule has 3 rings (SSSR count). The minimum Gasteiger partial charge on any atom is -0.396 e. The average molecular weight is 273 g/mol. The lowest BCUT2D eigenvalue weighted by molar-refractivity contribution is 0.0861. The van der Waals surface area contributed by atoms with Crippen LogP contribution in [0.25, 0.3) is 0 Å². The van der Waals surface area contributed by atoms with Crippen molar-refractivity contribution in [1.82, 2.24) is 5.32 Å². The van der Waals surface area contributed by atoms with Gasteiger partial charge in [0.05, 0.1) is 0 Å². The van der Waals surface area contributed by atoms with E-state index in [0.29, 0.717) is 11.8 Å². The topological polar surface area (TPSA) is 49.3 Å². The molecule has 3 heteroatoms. The first kappa shape index (κ1) is 13.6. The van der Waals surface area contributed by atoms with Crippen molar-refractivity contribution >= 4 is 5.91 Å². The molecule has 0 heterocycles. The van der Waals surface area contributed by atoms with Gasteiger partial charge in [0.2, 0.25) is 0 Å². The van der Waals surface area contributed by atoms with E-state index in [2.05, 4.69) is 5.32 Å². The maximum atomic E-state index is 12.5. The molecule has 2 saturated carbocycles. The molecule has 0 radical (unpaired) electrons. The van der Waals surface area contributed by atoms with Gasteiger partial charge in [-0.3, -0.25) is 4.79 Å². The summed E-state index contributed by atoms with van der Waals surface area (Å²) >= 11 is 0. The Balaban J connectivity index is 1.75. The fourth-order valence-electron chi connectivity index (χ4n) is 4.20. The molecule has 1 amide bonds. The Morgan fingerprint density at radius 3 is 2.75 bits per heavy atom. The zero-order chi connectivity index (χ0) is 14.3. The summed E-state index contributed by atoms with van der Waals surface area (Å²) in [5.74, 6) is 1.43. The Bertz CT molecular complexity index is 526. The quantitative estimate of drug-likeness (QED) is 0.888. The lowest BCUT2D eigenvalue weighted by Crippen LogP contribution is -2.45. The van der Waals surface area contributed by atoms with Gasteiger partial charge in [-0.05, 0) is 56.6 Å². The molecule has 0 aliphatic heterocycles. The summed E-state index contributed by atoms with van der Waals surface area (Å²) in [5.41, 5.74) is 2.95. The molecule has 1 aromatic rings. The number of carbonyl (C=O) groups is 1. The molecule has 108 valence electrons. The van der Waals surface area contributed by atoms with Gasteiger partial charge in [0.15, 0.2) is 0 Å². The van der Waals surface area contributed by atoms with Crippen molar-refractivity contribution in [3.63, 3.8) is 0 Å². The fraction of sp³-hybridized carbons (Fsp3) is 0.588. The van der Waals surface area contributed by atoms with Gasteiger partial charge in [0, 0.05) is 24.1 Å². The summed E-state index contributed by atoms with van der Waals surface area (Å²) in [7, 11) is 0. The van der Waals surface area contributed by atoms with Crippen LogP contribution in [0.1, 0.15) is 40.7 Å². The van der Waals surface area contributed by atoms with Gasteiger partial charge in [-0.15, -0.1) is 0 Å². The predicted molar refractivity (Wildman–Crippen MR) is 78.6 cm³/mol. The number of aryl methyl sites for hydroxylation is 2. The Morgan fingerprint density at radius 1 is 1.30 bits per heavy atom. The average Bonchev–Trinajstić information content (AvgIpc) is 2.99. The zero-order valence-corrected chi connectivity index (χ0v) is 12.2. The number of benzene rings is 1. The van der Waals surface area contributed by atoms with E-state index >= 15 is 0 Å². The summed E-state index contributed by atoms with van der Waals surface area (Å²) < 4.78 is 0. The van der Waals surface area contributed by atoms with Gasteiger partial charge in [-0.1, -0.05) is 17.7 Å². The van der Waals surface area contributed by atoms with Crippen LogP contribution >= 0.6 is 0 Å². The molecule has 2 N–H and O–H groups in total. The van der Waals surface area contributed by atoms with E-state index in [1.807, 2.05) is 32.0 Å². The second-order valence-corrected chi connectivity index (χ2v) is 6.50. The third-order valence-corrected chi connectivity index (χ3v) is 5.22. The smallest absolute Gasteiger partial charge is 0.251 e. The maximum Gasteiger partial charge on any atom is 0.251 e. The molecule has 0 spiro atoms. The number of aliphatic hydroxyl groups excluding tert-OH is 1. The Hall–Kier alpha value is -1.35. The summed E-state index contributed by atoms with van der Waals surface area (Å²) in [6.07, 6.45) is 3.58. The van der Waals surface area contributed by atoms with E-state index in [1.54, 1.807) is 0 Å². The molecule has 2 aliphatic carbocycles. The Kier molecular flexibility index (Phi) is 3.55. The van der Waals surface area contributed by atoms with Crippen LogP contribution in [-0.4, -0.2) is 23.7 Å². The van der Waals surface area contributed by atoms with Crippen LogP contribution in [0.3, 0.4) is 0 Å². The van der Waals surface area contributed by atoms with Crippen molar-refractivity contribution in [2.45, 2.75) is 39.2 Å². The summed E-state index contributed by atoms with van der Waals surface area (Å²) in [5, 5.41) is 12.8. The number of fused-ring (bicyclic) bond motifs is 2. The third kappa shape index (κ3) is 2.24. The first-order valence-electron chi connectivity index (χ1n) is 7.59. The fourth-order valence-corrected chi connectivity index (χ4v) is 4.20. The molecular formula is C17H23NO2. The van der Waals surface area contributed by atoms with Gasteiger partial charge in [0.25, 0.3) is 5.91 Å². The molecule has 1 aromatic carbocycles. The van der Waals surface area contributed by atoms with Crippen LogP contribution in [0.2, 0.25) is 0 Å². The normalized spacial score (nSPS) is 31.6. The van der Waals surface area contributed by atoms with Crippen molar-refractivity contribution in [2.24, 2.45) is 17.8 Å². The summed E-state index contributed by atoms with van der Waals surface area (Å²) in [4.78, 5) is 12.5. The largest absolute Gasteiger partial charge is 0.396 e. The maximum absolute atomic E-state index is 12.5. The molecule has 0 saturated heterocycles. The molecule has 0 aromatic heterocycles. The van der Waals surface area contributed by atoms with Gasteiger partial charge >= 0.3 is 0 Å². The van der Waals surface area contributed by atoms with E-state index in [4.69, 9.17) is 0 Å². The van der Waals surface area contributed by atoms with Crippen molar-refractivity contribution in [2.75, 3.05) is 6.61 Å². The van der Waals surface area contributed by atoms with Crippen molar-refractivity contribution < 1.29 is 9.90 Å². The minimum atomic E-state index is 0.0125. The molecule has 3 nitrogen and oxygen atoms in total. The lowest BCUT2D eigenvalue weighted by atomic mass is 9.85. The van der Waals surface area contributed by atoms with E-state index in [-0.39, 0.29) is 24.5 Å². The first-order chi connectivity index (χ1) is 9.60. The second kappa shape index (κ2) is 5.21. The number of aliphatic hydroxyl groups is 1. The summed E-state index contributed by atoms with van der Waals surface area (Å²) in [6.45, 7) is 4.21. The molecule has 2 bridgehead atoms. The van der Waals surface area contributed by atoms with E-state index in [1.165, 1.54) is 24.8 Å². The van der Waals surface area contributed by atoms with Crippen LogP contribution in [0.15, 0.2) is 18.2 Å². The van der Waals surface area contributed by atoms with Crippen LogP contribution in [0, 0.1) is 31.6 Å². The van der Waals surface area contributed by atoms with E-state index in [0.717, 1.165) is 11.1 Å². The van der Waals surface area contributed by atoms with Gasteiger partial charge in [-0.25, -0.2) is 0 Å². The number of rotatable bonds is 3. The number of nitrogens with one attached hydrogen (secondary N) is 1. The number of amides is 1. The van der Waals surface area contributed by atoms with Gasteiger partial charge < -0.3 is 10.4 Å². The lowest BCUT2D eigenvalue weighted by Gasteiger charge is -2.30.